The van der Waals surface area contributed by atoms with E-state index in [1.54, 1.807) is 12.4 Å². The van der Waals surface area contributed by atoms with E-state index in [0.717, 1.165) is 57.2 Å². The number of nitrogens with zero attached hydrogens (tertiary/aromatic N) is 3. The third kappa shape index (κ3) is 5.46. The number of aromatic nitrogens is 1. The van der Waals surface area contributed by atoms with E-state index in [-0.39, 0.29) is 35.3 Å². The second-order valence-corrected chi connectivity index (χ2v) is 6.88. The van der Waals surface area contributed by atoms with Crippen molar-refractivity contribution in [1.29, 1.82) is 0 Å². The van der Waals surface area contributed by atoms with Crippen LogP contribution < -0.4 is 16.0 Å². The van der Waals surface area contributed by atoms with Crippen LogP contribution in [-0.4, -0.2) is 61.0 Å². The molecule has 0 aliphatic carbocycles. The summed E-state index contributed by atoms with van der Waals surface area (Å²) in [5, 5.41) is 9.75. The first-order valence-electron chi connectivity index (χ1n) is 9.15. The monoisotopic (exact) mass is 472 g/mol. The molecule has 2 aliphatic rings. The summed E-state index contributed by atoms with van der Waals surface area (Å²) in [5.41, 5.74) is 1.14. The molecule has 2 aliphatic heterocycles. The number of hydrogen-bond donors (Lipinski definition) is 3. The Labute approximate surface area is 172 Å². The molecule has 2 fully saturated rings. The highest BCUT2D eigenvalue weighted by molar-refractivity contribution is 14.0. The zero-order chi connectivity index (χ0) is 17.5. The van der Waals surface area contributed by atoms with Gasteiger partial charge in [0.05, 0.1) is 6.54 Å². The van der Waals surface area contributed by atoms with Crippen molar-refractivity contribution < 1.29 is 4.79 Å². The fraction of sp³-hybridized carbons (Fsp3) is 0.611. The van der Waals surface area contributed by atoms with E-state index in [1.807, 2.05) is 12.1 Å². The summed E-state index contributed by atoms with van der Waals surface area (Å²) in [6.45, 7) is 7.10. The quantitative estimate of drug-likeness (QED) is 0.263. The number of rotatable bonds is 5. The van der Waals surface area contributed by atoms with Crippen molar-refractivity contribution in [1.82, 2.24) is 20.5 Å². The molecule has 8 heteroatoms. The minimum absolute atomic E-state index is 0. The van der Waals surface area contributed by atoms with Crippen LogP contribution in [0.2, 0.25) is 0 Å². The maximum atomic E-state index is 11.7. The second kappa shape index (κ2) is 9.94. The number of aliphatic imine (C=N–C) groups is 1. The van der Waals surface area contributed by atoms with E-state index < -0.39 is 0 Å². The SMILES string of the molecule is CCNC(=NCCNc1ccncc1)N1CCCC2(CNC(=O)C2)C1.I. The highest BCUT2D eigenvalue weighted by atomic mass is 127. The van der Waals surface area contributed by atoms with E-state index in [4.69, 9.17) is 4.99 Å². The Morgan fingerprint density at radius 1 is 1.42 bits per heavy atom. The van der Waals surface area contributed by atoms with Crippen molar-refractivity contribution in [2.75, 3.05) is 44.6 Å². The summed E-state index contributed by atoms with van der Waals surface area (Å²) in [6, 6.07) is 3.90. The lowest BCUT2D eigenvalue weighted by Gasteiger charge is -2.40. The molecule has 1 unspecified atom stereocenters. The molecule has 0 saturated carbocycles. The number of pyridine rings is 1. The summed E-state index contributed by atoms with van der Waals surface area (Å²) < 4.78 is 0. The predicted molar refractivity (Wildman–Crippen MR) is 115 cm³/mol. The molecule has 2 saturated heterocycles. The number of guanidine groups is 1. The van der Waals surface area contributed by atoms with Crippen molar-refractivity contribution in [3.8, 4) is 0 Å². The molecule has 7 nitrogen and oxygen atoms in total. The van der Waals surface area contributed by atoms with Crippen LogP contribution in [-0.2, 0) is 4.79 Å². The van der Waals surface area contributed by atoms with Gasteiger partial charge in [-0.15, -0.1) is 24.0 Å². The molecule has 1 amide bonds. The van der Waals surface area contributed by atoms with Gasteiger partial charge in [0.2, 0.25) is 5.91 Å². The molecule has 3 rings (SSSR count). The first-order chi connectivity index (χ1) is 12.2. The molecule has 3 heterocycles. The van der Waals surface area contributed by atoms with Crippen molar-refractivity contribution in [3.63, 3.8) is 0 Å². The van der Waals surface area contributed by atoms with Gasteiger partial charge in [-0.2, -0.15) is 0 Å². The van der Waals surface area contributed by atoms with Gasteiger partial charge in [-0.1, -0.05) is 0 Å². The Balaban J connectivity index is 0.00000243. The number of nitrogens with one attached hydrogen (secondary N) is 3. The van der Waals surface area contributed by atoms with Gasteiger partial charge in [0, 0.05) is 62.6 Å². The first-order valence-corrected chi connectivity index (χ1v) is 9.15. The lowest BCUT2D eigenvalue weighted by molar-refractivity contribution is -0.119. The lowest BCUT2D eigenvalue weighted by Crippen LogP contribution is -2.51. The average molecular weight is 472 g/mol. The van der Waals surface area contributed by atoms with E-state index in [0.29, 0.717) is 13.0 Å². The van der Waals surface area contributed by atoms with Crippen LogP contribution in [0.15, 0.2) is 29.5 Å². The number of anilines is 1. The number of piperidine rings is 1. The number of hydrogen-bond acceptors (Lipinski definition) is 4. The topological polar surface area (TPSA) is 81.7 Å². The summed E-state index contributed by atoms with van der Waals surface area (Å²) >= 11 is 0. The van der Waals surface area contributed by atoms with Crippen molar-refractivity contribution in [2.45, 2.75) is 26.2 Å². The first kappa shape index (κ1) is 20.7. The Hall–Kier alpha value is -1.58. The molecule has 26 heavy (non-hydrogen) atoms. The molecule has 0 radical (unpaired) electrons. The van der Waals surface area contributed by atoms with E-state index in [2.05, 4.69) is 32.8 Å². The van der Waals surface area contributed by atoms with Gasteiger partial charge in [0.15, 0.2) is 5.96 Å². The van der Waals surface area contributed by atoms with Gasteiger partial charge in [-0.05, 0) is 31.9 Å². The fourth-order valence-electron chi connectivity index (χ4n) is 3.69. The van der Waals surface area contributed by atoms with E-state index in [1.165, 1.54) is 0 Å². The number of carbonyl (C=O) groups is 1. The van der Waals surface area contributed by atoms with Crippen LogP contribution >= 0.6 is 24.0 Å². The van der Waals surface area contributed by atoms with E-state index in [9.17, 15) is 4.79 Å². The van der Waals surface area contributed by atoms with Gasteiger partial charge >= 0.3 is 0 Å². The highest BCUT2D eigenvalue weighted by Gasteiger charge is 2.42. The van der Waals surface area contributed by atoms with Gasteiger partial charge in [-0.25, -0.2) is 0 Å². The van der Waals surface area contributed by atoms with Gasteiger partial charge in [0.1, 0.15) is 0 Å². The Kier molecular flexibility index (Phi) is 7.92. The lowest BCUT2D eigenvalue weighted by atomic mass is 9.79. The molecular weight excluding hydrogens is 443 g/mol. The standard InChI is InChI=1S/C18H28N6O.HI/c1-2-20-17(22-10-9-21-15-4-7-19-8-5-15)24-11-3-6-18(14-24)12-16(25)23-13-18;/h4-5,7-8H,2-3,6,9-14H2,1H3,(H,19,21)(H,20,22)(H,23,25);1H. The number of halogens is 1. The Bertz CT molecular complexity index is 611. The third-order valence-corrected chi connectivity index (χ3v) is 4.87. The Morgan fingerprint density at radius 3 is 2.92 bits per heavy atom. The maximum absolute atomic E-state index is 11.7. The third-order valence-electron chi connectivity index (χ3n) is 4.87. The second-order valence-electron chi connectivity index (χ2n) is 6.88. The maximum Gasteiger partial charge on any atom is 0.220 e. The summed E-state index contributed by atoms with van der Waals surface area (Å²) in [4.78, 5) is 22.8. The predicted octanol–water partition coefficient (Wildman–Crippen LogP) is 1.68. The summed E-state index contributed by atoms with van der Waals surface area (Å²) in [5.74, 6) is 1.14. The molecule has 1 aromatic heterocycles. The Morgan fingerprint density at radius 2 is 2.23 bits per heavy atom. The fourth-order valence-corrected chi connectivity index (χ4v) is 3.69. The number of carbonyl (C=O) groups excluding carboxylic acids is 1. The van der Waals surface area contributed by atoms with Gasteiger partial charge in [0.25, 0.3) is 0 Å². The van der Waals surface area contributed by atoms with Gasteiger partial charge < -0.3 is 20.9 Å². The minimum Gasteiger partial charge on any atom is -0.383 e. The molecule has 0 aromatic carbocycles. The molecule has 1 atom stereocenters. The van der Waals surface area contributed by atoms with Crippen molar-refractivity contribution >= 4 is 41.5 Å². The molecule has 0 bridgehead atoms. The van der Waals surface area contributed by atoms with E-state index >= 15 is 0 Å². The number of likely N-dealkylation sites (tertiary alicyclic amines) is 1. The zero-order valence-corrected chi connectivity index (χ0v) is 17.7. The summed E-state index contributed by atoms with van der Waals surface area (Å²) in [7, 11) is 0. The summed E-state index contributed by atoms with van der Waals surface area (Å²) in [6.07, 6.45) is 6.42. The van der Waals surface area contributed by atoms with Crippen LogP contribution in [0.3, 0.4) is 0 Å². The highest BCUT2D eigenvalue weighted by Crippen LogP contribution is 2.35. The van der Waals surface area contributed by atoms with Crippen LogP contribution in [0.1, 0.15) is 26.2 Å². The smallest absolute Gasteiger partial charge is 0.220 e. The molecule has 1 spiro atoms. The largest absolute Gasteiger partial charge is 0.383 e. The minimum atomic E-state index is 0. The molecule has 144 valence electrons. The molecular formula is C18H29IN6O. The zero-order valence-electron chi connectivity index (χ0n) is 15.3. The van der Waals surface area contributed by atoms with Gasteiger partial charge in [-0.3, -0.25) is 14.8 Å². The van der Waals surface area contributed by atoms with Crippen LogP contribution in [0, 0.1) is 5.41 Å². The van der Waals surface area contributed by atoms with Crippen molar-refractivity contribution in [3.05, 3.63) is 24.5 Å². The average Bonchev–Trinajstić information content (AvgIpc) is 2.98. The van der Waals surface area contributed by atoms with Crippen LogP contribution in [0.5, 0.6) is 0 Å². The normalized spacial score (nSPS) is 22.7. The molecule has 1 aromatic rings. The van der Waals surface area contributed by atoms with Crippen LogP contribution in [0.25, 0.3) is 0 Å². The number of amides is 1. The molecule has 3 N–H and O–H groups in total. The van der Waals surface area contributed by atoms with Crippen molar-refractivity contribution in [2.24, 2.45) is 10.4 Å². The van der Waals surface area contributed by atoms with Crippen LogP contribution in [0.4, 0.5) is 5.69 Å².